The van der Waals surface area contributed by atoms with E-state index in [-0.39, 0.29) is 17.4 Å². The zero-order chi connectivity index (χ0) is 14.5. The molecule has 7 heteroatoms. The van der Waals surface area contributed by atoms with Gasteiger partial charge in [-0.25, -0.2) is 4.98 Å². The minimum absolute atomic E-state index is 0.167. The van der Waals surface area contributed by atoms with E-state index in [0.29, 0.717) is 11.7 Å². The van der Waals surface area contributed by atoms with Crippen molar-refractivity contribution in [3.05, 3.63) is 27.9 Å². The van der Waals surface area contributed by atoms with Gasteiger partial charge in [-0.05, 0) is 31.7 Å². The molecule has 0 bridgehead atoms. The molecule has 0 spiro atoms. The van der Waals surface area contributed by atoms with Gasteiger partial charge in [0.2, 0.25) is 5.69 Å². The van der Waals surface area contributed by atoms with Crippen molar-refractivity contribution in [1.29, 1.82) is 5.26 Å². The van der Waals surface area contributed by atoms with Gasteiger partial charge in [0, 0.05) is 25.3 Å². The van der Waals surface area contributed by atoms with Crippen LogP contribution in [0.15, 0.2) is 12.1 Å². The largest absolute Gasteiger partial charge is 0.381 e. The lowest BCUT2D eigenvalue weighted by Gasteiger charge is -2.28. The Morgan fingerprint density at radius 1 is 1.55 bits per heavy atom. The first-order valence-corrected chi connectivity index (χ1v) is 6.51. The maximum absolute atomic E-state index is 10.7. The van der Waals surface area contributed by atoms with Crippen LogP contribution in [0.2, 0.25) is 0 Å². The first kappa shape index (κ1) is 14.2. The van der Waals surface area contributed by atoms with Crippen LogP contribution in [0.3, 0.4) is 0 Å². The summed E-state index contributed by atoms with van der Waals surface area (Å²) >= 11 is 0. The zero-order valence-corrected chi connectivity index (χ0v) is 11.2. The highest BCUT2D eigenvalue weighted by molar-refractivity contribution is 5.50. The molecule has 106 valence electrons. The van der Waals surface area contributed by atoms with Gasteiger partial charge in [-0.1, -0.05) is 0 Å². The van der Waals surface area contributed by atoms with Crippen LogP contribution >= 0.6 is 0 Å². The number of pyridine rings is 1. The Morgan fingerprint density at radius 3 is 2.85 bits per heavy atom. The van der Waals surface area contributed by atoms with Gasteiger partial charge >= 0.3 is 5.69 Å². The quantitative estimate of drug-likeness (QED) is 0.667. The normalized spacial score (nSPS) is 17.2. The molecule has 20 heavy (non-hydrogen) atoms. The van der Waals surface area contributed by atoms with Crippen LogP contribution in [0.4, 0.5) is 11.5 Å². The average Bonchev–Trinajstić information content (AvgIpc) is 2.47. The number of hydrogen-bond donors (Lipinski definition) is 1. The summed E-state index contributed by atoms with van der Waals surface area (Å²) < 4.78 is 5.32. The third kappa shape index (κ3) is 3.22. The molecule has 1 aliphatic rings. The number of nitrogens with one attached hydrogen (secondary N) is 1. The van der Waals surface area contributed by atoms with E-state index in [2.05, 4.69) is 10.3 Å². The van der Waals surface area contributed by atoms with Crippen molar-refractivity contribution in [2.24, 2.45) is 5.92 Å². The molecule has 0 aromatic carbocycles. The molecular formula is C13H16N4O3. The molecule has 1 saturated heterocycles. The lowest BCUT2D eigenvalue weighted by atomic mass is 9.93. The van der Waals surface area contributed by atoms with Crippen LogP contribution in [0.5, 0.6) is 0 Å². The number of nitrogens with zero attached hydrogens (tertiary/aromatic N) is 3. The summed E-state index contributed by atoms with van der Waals surface area (Å²) in [6.07, 6.45) is 1.96. The van der Waals surface area contributed by atoms with Gasteiger partial charge in [-0.15, -0.1) is 0 Å². The zero-order valence-electron chi connectivity index (χ0n) is 11.2. The van der Waals surface area contributed by atoms with Crippen molar-refractivity contribution in [3.8, 4) is 6.07 Å². The number of nitro groups is 1. The highest BCUT2D eigenvalue weighted by Crippen LogP contribution is 2.23. The molecule has 1 unspecified atom stereocenters. The Bertz CT molecular complexity index is 535. The highest BCUT2D eigenvalue weighted by Gasteiger charge is 2.22. The second-order valence-corrected chi connectivity index (χ2v) is 4.82. The number of rotatable bonds is 4. The molecule has 0 radical (unpaired) electrons. The van der Waals surface area contributed by atoms with Gasteiger partial charge in [-0.3, -0.25) is 10.1 Å². The number of anilines is 1. The first-order valence-electron chi connectivity index (χ1n) is 6.51. The summed E-state index contributed by atoms with van der Waals surface area (Å²) in [4.78, 5) is 14.1. The topological polar surface area (TPSA) is 101 Å². The smallest absolute Gasteiger partial charge is 0.305 e. The molecule has 0 amide bonds. The van der Waals surface area contributed by atoms with Crippen molar-refractivity contribution in [2.75, 3.05) is 18.5 Å². The molecule has 1 aromatic rings. The molecule has 2 rings (SSSR count). The third-order valence-corrected chi connectivity index (χ3v) is 3.53. The predicted molar refractivity (Wildman–Crippen MR) is 72.2 cm³/mol. The van der Waals surface area contributed by atoms with Crippen LogP contribution in [0, 0.1) is 27.4 Å². The Kier molecular flexibility index (Phi) is 4.48. The predicted octanol–water partition coefficient (Wildman–Crippen LogP) is 2.09. The molecule has 0 saturated carbocycles. The van der Waals surface area contributed by atoms with E-state index < -0.39 is 4.92 Å². The van der Waals surface area contributed by atoms with Crippen molar-refractivity contribution in [3.63, 3.8) is 0 Å². The third-order valence-electron chi connectivity index (χ3n) is 3.53. The summed E-state index contributed by atoms with van der Waals surface area (Å²) in [5, 5.41) is 22.9. The lowest BCUT2D eigenvalue weighted by Crippen LogP contribution is -2.31. The number of nitriles is 1. The van der Waals surface area contributed by atoms with E-state index in [4.69, 9.17) is 10.00 Å². The Morgan fingerprint density at radius 2 is 2.25 bits per heavy atom. The van der Waals surface area contributed by atoms with Crippen molar-refractivity contribution in [1.82, 2.24) is 4.98 Å². The van der Waals surface area contributed by atoms with Crippen LogP contribution in [0.25, 0.3) is 0 Å². The van der Waals surface area contributed by atoms with Gasteiger partial charge in [0.1, 0.15) is 11.9 Å². The summed E-state index contributed by atoms with van der Waals surface area (Å²) in [5.41, 5.74) is -0.434. The number of ether oxygens (including phenoxy) is 1. The minimum Gasteiger partial charge on any atom is -0.381 e. The Labute approximate surface area is 116 Å². The van der Waals surface area contributed by atoms with Gasteiger partial charge in [0.15, 0.2) is 0 Å². The average molecular weight is 276 g/mol. The fourth-order valence-electron chi connectivity index (χ4n) is 2.33. The maximum atomic E-state index is 10.7. The SMILES string of the molecule is CC(Nc1ccc([N+](=O)[O-])c(C#N)n1)C1CCOCC1. The molecule has 1 aliphatic heterocycles. The highest BCUT2D eigenvalue weighted by atomic mass is 16.6. The molecule has 1 atom stereocenters. The lowest BCUT2D eigenvalue weighted by molar-refractivity contribution is -0.385. The van der Waals surface area contributed by atoms with E-state index in [9.17, 15) is 10.1 Å². The monoisotopic (exact) mass is 276 g/mol. The van der Waals surface area contributed by atoms with E-state index in [1.807, 2.05) is 6.92 Å². The standard InChI is InChI=1S/C13H16N4O3/c1-9(10-4-6-20-7-5-10)15-13-3-2-12(17(18)19)11(8-14)16-13/h2-3,9-10H,4-7H2,1H3,(H,15,16). The van der Waals surface area contributed by atoms with Crippen LogP contribution in [0.1, 0.15) is 25.5 Å². The van der Waals surface area contributed by atoms with Crippen LogP contribution in [-0.4, -0.2) is 29.2 Å². The van der Waals surface area contributed by atoms with Gasteiger partial charge < -0.3 is 10.1 Å². The summed E-state index contributed by atoms with van der Waals surface area (Å²) in [6, 6.07) is 4.78. The Balaban J connectivity index is 2.09. The minimum atomic E-state index is -0.600. The second-order valence-electron chi connectivity index (χ2n) is 4.82. The fraction of sp³-hybridized carbons (Fsp3) is 0.538. The van der Waals surface area contributed by atoms with Gasteiger partial charge in [-0.2, -0.15) is 5.26 Å². The molecule has 7 nitrogen and oxygen atoms in total. The molecule has 1 fully saturated rings. The van der Waals surface area contributed by atoms with Crippen molar-refractivity contribution in [2.45, 2.75) is 25.8 Å². The van der Waals surface area contributed by atoms with E-state index >= 15 is 0 Å². The first-order chi connectivity index (χ1) is 9.61. The molecule has 0 aliphatic carbocycles. The van der Waals surface area contributed by atoms with E-state index in [0.717, 1.165) is 26.1 Å². The number of hydrogen-bond acceptors (Lipinski definition) is 6. The van der Waals surface area contributed by atoms with Crippen LogP contribution < -0.4 is 5.32 Å². The van der Waals surface area contributed by atoms with E-state index in [1.165, 1.54) is 12.1 Å². The maximum Gasteiger partial charge on any atom is 0.305 e. The molecule has 2 heterocycles. The summed E-state index contributed by atoms with van der Waals surface area (Å²) in [5.74, 6) is 0.970. The summed E-state index contributed by atoms with van der Waals surface area (Å²) in [6.45, 7) is 3.56. The second kappa shape index (κ2) is 6.30. The fourth-order valence-corrected chi connectivity index (χ4v) is 2.33. The van der Waals surface area contributed by atoms with Gasteiger partial charge in [0.25, 0.3) is 0 Å². The molecule has 1 N–H and O–H groups in total. The number of aromatic nitrogens is 1. The molecular weight excluding hydrogens is 260 g/mol. The summed E-state index contributed by atoms with van der Waals surface area (Å²) in [7, 11) is 0. The van der Waals surface area contributed by atoms with Crippen molar-refractivity contribution < 1.29 is 9.66 Å². The Hall–Kier alpha value is -2.20. The van der Waals surface area contributed by atoms with Crippen molar-refractivity contribution >= 4 is 11.5 Å². The van der Waals surface area contributed by atoms with Crippen LogP contribution in [-0.2, 0) is 4.74 Å². The van der Waals surface area contributed by atoms with E-state index in [1.54, 1.807) is 6.07 Å². The van der Waals surface area contributed by atoms with Gasteiger partial charge in [0.05, 0.1) is 4.92 Å². The molecule has 1 aromatic heterocycles.